The van der Waals surface area contributed by atoms with Gasteiger partial charge >= 0.3 is 0 Å². The van der Waals surface area contributed by atoms with E-state index in [1.165, 1.54) is 0 Å². The lowest BCUT2D eigenvalue weighted by Crippen LogP contribution is -2.00. The van der Waals surface area contributed by atoms with Crippen molar-refractivity contribution in [1.29, 1.82) is 0 Å². The summed E-state index contributed by atoms with van der Waals surface area (Å²) in [6.07, 6.45) is 3.62. The van der Waals surface area contributed by atoms with Gasteiger partial charge in [-0.3, -0.25) is 0 Å². The van der Waals surface area contributed by atoms with Gasteiger partial charge in [-0.15, -0.1) is 0 Å². The zero-order valence-corrected chi connectivity index (χ0v) is 9.69. The van der Waals surface area contributed by atoms with Crippen LogP contribution in [0, 0.1) is 0 Å². The van der Waals surface area contributed by atoms with Crippen molar-refractivity contribution in [3.8, 4) is 5.69 Å². The van der Waals surface area contributed by atoms with Crippen LogP contribution < -0.4 is 5.73 Å². The topological polar surface area (TPSA) is 43.8 Å². The van der Waals surface area contributed by atoms with E-state index in [4.69, 9.17) is 17.3 Å². The van der Waals surface area contributed by atoms with Crippen LogP contribution in [0.15, 0.2) is 36.5 Å². The lowest BCUT2D eigenvalue weighted by Gasteiger charge is -2.03. The van der Waals surface area contributed by atoms with E-state index in [0.717, 1.165) is 24.1 Å². The van der Waals surface area contributed by atoms with Gasteiger partial charge in [-0.1, -0.05) is 29.8 Å². The van der Waals surface area contributed by atoms with Crippen molar-refractivity contribution >= 4 is 11.6 Å². The fraction of sp³-hybridized carbons (Fsp3) is 0.250. The first kappa shape index (κ1) is 11.2. The van der Waals surface area contributed by atoms with Gasteiger partial charge in [0, 0.05) is 5.56 Å². The first-order valence-electron chi connectivity index (χ1n) is 5.31. The maximum Gasteiger partial charge on any atom is 0.136 e. The molecule has 0 fully saturated rings. The van der Waals surface area contributed by atoms with E-state index in [-0.39, 0.29) is 0 Å². The molecule has 0 bridgehead atoms. The smallest absolute Gasteiger partial charge is 0.136 e. The van der Waals surface area contributed by atoms with Gasteiger partial charge in [0.2, 0.25) is 0 Å². The molecule has 0 aliphatic rings. The van der Waals surface area contributed by atoms with Crippen LogP contribution in [-0.2, 0) is 6.42 Å². The van der Waals surface area contributed by atoms with Gasteiger partial charge in [0.1, 0.15) is 5.15 Å². The van der Waals surface area contributed by atoms with Gasteiger partial charge in [0.05, 0.1) is 11.9 Å². The quantitative estimate of drug-likeness (QED) is 0.885. The second-order valence-electron chi connectivity index (χ2n) is 3.60. The minimum absolute atomic E-state index is 0.673. The van der Waals surface area contributed by atoms with Crippen LogP contribution in [-0.4, -0.2) is 16.3 Å². The van der Waals surface area contributed by atoms with Crippen LogP contribution in [0.1, 0.15) is 12.0 Å². The zero-order valence-electron chi connectivity index (χ0n) is 8.94. The largest absolute Gasteiger partial charge is 0.330 e. The van der Waals surface area contributed by atoms with Crippen LogP contribution in [0.4, 0.5) is 0 Å². The molecule has 0 aliphatic carbocycles. The summed E-state index contributed by atoms with van der Waals surface area (Å²) in [7, 11) is 0. The van der Waals surface area contributed by atoms with Crippen LogP contribution in [0.5, 0.6) is 0 Å². The number of rotatable bonds is 4. The molecule has 0 radical (unpaired) electrons. The summed E-state index contributed by atoms with van der Waals surface area (Å²) in [6.45, 7) is 0.673. The minimum atomic E-state index is 0.673. The first-order chi connectivity index (χ1) is 7.83. The highest BCUT2D eigenvalue weighted by Gasteiger charge is 2.08. The third-order valence-corrected chi connectivity index (χ3v) is 2.83. The van der Waals surface area contributed by atoms with E-state index in [2.05, 4.69) is 5.10 Å². The summed E-state index contributed by atoms with van der Waals surface area (Å²) in [5.41, 5.74) is 7.50. The van der Waals surface area contributed by atoms with E-state index in [1.807, 2.05) is 36.5 Å². The molecule has 2 N–H and O–H groups in total. The summed E-state index contributed by atoms with van der Waals surface area (Å²) >= 11 is 6.25. The monoisotopic (exact) mass is 235 g/mol. The number of halogens is 1. The second kappa shape index (κ2) is 5.14. The first-order valence-corrected chi connectivity index (χ1v) is 5.68. The predicted molar refractivity (Wildman–Crippen MR) is 65.9 cm³/mol. The van der Waals surface area contributed by atoms with Gasteiger partial charge in [0.25, 0.3) is 0 Å². The lowest BCUT2D eigenvalue weighted by molar-refractivity contribution is 0.831. The molecule has 0 aliphatic heterocycles. The summed E-state index contributed by atoms with van der Waals surface area (Å²) < 4.78 is 1.74. The van der Waals surface area contributed by atoms with Crippen LogP contribution in [0.3, 0.4) is 0 Å². The Kier molecular flexibility index (Phi) is 3.59. The average Bonchev–Trinajstić information content (AvgIpc) is 2.69. The number of hydrogen-bond acceptors (Lipinski definition) is 2. The fourth-order valence-corrected chi connectivity index (χ4v) is 1.86. The Morgan fingerprint density at radius 1 is 1.25 bits per heavy atom. The highest BCUT2D eigenvalue weighted by atomic mass is 35.5. The Morgan fingerprint density at radius 2 is 2.00 bits per heavy atom. The summed E-state index contributed by atoms with van der Waals surface area (Å²) in [5.74, 6) is 0. The molecule has 1 heterocycles. The van der Waals surface area contributed by atoms with Crippen molar-refractivity contribution < 1.29 is 0 Å². The molecule has 4 heteroatoms. The van der Waals surface area contributed by atoms with E-state index < -0.39 is 0 Å². The predicted octanol–water partition coefficient (Wildman–Crippen LogP) is 2.42. The molecule has 2 rings (SSSR count). The molecule has 2 aromatic rings. The molecular weight excluding hydrogens is 222 g/mol. The van der Waals surface area contributed by atoms with Gasteiger partial charge < -0.3 is 5.73 Å². The molecule has 0 unspecified atom stereocenters. The maximum absolute atomic E-state index is 6.25. The summed E-state index contributed by atoms with van der Waals surface area (Å²) in [6, 6.07) is 9.85. The Bertz CT molecular complexity index is 451. The minimum Gasteiger partial charge on any atom is -0.330 e. The molecule has 0 amide bonds. The van der Waals surface area contributed by atoms with E-state index >= 15 is 0 Å². The van der Waals surface area contributed by atoms with Gasteiger partial charge in [-0.2, -0.15) is 5.10 Å². The van der Waals surface area contributed by atoms with Gasteiger partial charge in [0.15, 0.2) is 0 Å². The Labute approximate surface area is 99.8 Å². The number of aryl methyl sites for hydroxylation is 1. The van der Waals surface area contributed by atoms with Gasteiger partial charge in [-0.05, 0) is 31.5 Å². The van der Waals surface area contributed by atoms with E-state index in [1.54, 1.807) is 4.68 Å². The Balaban J connectivity index is 2.27. The molecule has 1 aromatic heterocycles. The molecule has 0 saturated heterocycles. The van der Waals surface area contributed by atoms with E-state index in [0.29, 0.717) is 11.7 Å². The van der Waals surface area contributed by atoms with Gasteiger partial charge in [-0.25, -0.2) is 4.68 Å². The average molecular weight is 236 g/mol. The second-order valence-corrected chi connectivity index (χ2v) is 3.96. The molecular formula is C12H14ClN3. The summed E-state index contributed by atoms with van der Waals surface area (Å²) in [5, 5.41) is 4.96. The molecule has 16 heavy (non-hydrogen) atoms. The van der Waals surface area contributed by atoms with Crippen molar-refractivity contribution in [2.24, 2.45) is 5.73 Å². The lowest BCUT2D eigenvalue weighted by atomic mass is 10.2. The number of nitrogens with zero attached hydrogens (tertiary/aromatic N) is 2. The van der Waals surface area contributed by atoms with Crippen molar-refractivity contribution in [2.45, 2.75) is 12.8 Å². The third-order valence-electron chi connectivity index (χ3n) is 2.43. The molecule has 84 valence electrons. The van der Waals surface area contributed by atoms with Crippen molar-refractivity contribution in [3.63, 3.8) is 0 Å². The number of hydrogen-bond donors (Lipinski definition) is 1. The van der Waals surface area contributed by atoms with E-state index in [9.17, 15) is 0 Å². The third kappa shape index (κ3) is 2.26. The zero-order chi connectivity index (χ0) is 11.4. The van der Waals surface area contributed by atoms with Crippen LogP contribution >= 0.6 is 11.6 Å². The van der Waals surface area contributed by atoms with Crippen LogP contribution in [0.2, 0.25) is 5.15 Å². The maximum atomic E-state index is 6.25. The highest BCUT2D eigenvalue weighted by Crippen LogP contribution is 2.20. The van der Waals surface area contributed by atoms with Crippen LogP contribution in [0.25, 0.3) is 5.69 Å². The number of benzene rings is 1. The SMILES string of the molecule is NCCCc1cnn(-c2ccccc2)c1Cl. The summed E-state index contributed by atoms with van der Waals surface area (Å²) in [4.78, 5) is 0. The molecule has 1 aromatic carbocycles. The molecule has 0 atom stereocenters. The molecule has 3 nitrogen and oxygen atoms in total. The number of aromatic nitrogens is 2. The van der Waals surface area contributed by atoms with Crippen molar-refractivity contribution in [3.05, 3.63) is 47.2 Å². The Hall–Kier alpha value is -1.32. The number of nitrogens with two attached hydrogens (primary N) is 1. The standard InChI is InChI=1S/C12H14ClN3/c13-12-10(5-4-8-14)9-15-16(12)11-6-2-1-3-7-11/h1-3,6-7,9H,4-5,8,14H2. The Morgan fingerprint density at radius 3 is 2.69 bits per heavy atom. The van der Waals surface area contributed by atoms with Crippen molar-refractivity contribution in [1.82, 2.24) is 9.78 Å². The number of para-hydroxylation sites is 1. The fourth-order valence-electron chi connectivity index (χ4n) is 1.58. The molecule has 0 spiro atoms. The normalized spacial score (nSPS) is 10.6. The van der Waals surface area contributed by atoms with Crippen molar-refractivity contribution in [2.75, 3.05) is 6.54 Å². The molecule has 0 saturated carbocycles. The highest BCUT2D eigenvalue weighted by molar-refractivity contribution is 6.30.